The van der Waals surface area contributed by atoms with Gasteiger partial charge in [-0.2, -0.15) is 0 Å². The largest absolute Gasteiger partial charge is 0.443 e. The number of halogens is 1. The number of amides is 3. The molecule has 3 amide bonds. The average Bonchev–Trinajstić information content (AvgIpc) is 2.54. The summed E-state index contributed by atoms with van der Waals surface area (Å²) in [5.74, 6) is 0. The van der Waals surface area contributed by atoms with Crippen molar-refractivity contribution >= 4 is 28.1 Å². The molecule has 1 N–H and O–H groups in total. The lowest BCUT2D eigenvalue weighted by atomic mass is 10.2. The molecule has 0 spiro atoms. The molecule has 0 radical (unpaired) electrons. The van der Waals surface area contributed by atoms with Gasteiger partial charge < -0.3 is 9.64 Å². The summed E-state index contributed by atoms with van der Waals surface area (Å²) in [5.41, 5.74) is -0.595. The lowest BCUT2D eigenvalue weighted by molar-refractivity contribution is 0.0543. The van der Waals surface area contributed by atoms with E-state index in [1.807, 2.05) is 6.92 Å². The van der Waals surface area contributed by atoms with E-state index in [1.165, 1.54) is 4.90 Å². The summed E-state index contributed by atoms with van der Waals surface area (Å²) in [6.07, 6.45) is -0.716. The van der Waals surface area contributed by atoms with Crippen molar-refractivity contribution < 1.29 is 14.3 Å². The molecule has 0 aromatic rings. The maximum absolute atomic E-state index is 11.4. The van der Waals surface area contributed by atoms with Crippen LogP contribution in [0.4, 0.5) is 9.59 Å². The van der Waals surface area contributed by atoms with E-state index < -0.39 is 17.7 Å². The second-order valence-electron chi connectivity index (χ2n) is 4.45. The Bertz CT molecular complexity index is 280. The van der Waals surface area contributed by atoms with E-state index in [2.05, 4.69) is 21.2 Å². The standard InChI is InChI=1S/C9H15BrN2O3/c1-5-6(10)12(5)7(13)11-8(14)15-9(2,3)4/h5-6H,1-4H3,(H,11,13,14)/t5-,6+,12?/m0/s1. The first kappa shape index (κ1) is 12.3. The summed E-state index contributed by atoms with van der Waals surface area (Å²) in [4.78, 5) is 24.1. The molecule has 1 aliphatic heterocycles. The van der Waals surface area contributed by atoms with Gasteiger partial charge in [0, 0.05) is 0 Å². The van der Waals surface area contributed by atoms with Gasteiger partial charge in [0.25, 0.3) is 0 Å². The number of hydrogen-bond acceptors (Lipinski definition) is 3. The van der Waals surface area contributed by atoms with Crippen LogP contribution in [0.3, 0.4) is 0 Å². The zero-order valence-electron chi connectivity index (χ0n) is 9.20. The van der Waals surface area contributed by atoms with Gasteiger partial charge in [-0.15, -0.1) is 0 Å². The Hall–Kier alpha value is -0.780. The fourth-order valence-corrected chi connectivity index (χ4v) is 1.74. The molecule has 0 aromatic heterocycles. The Balaban J connectivity index is 2.37. The van der Waals surface area contributed by atoms with Crippen molar-refractivity contribution in [2.45, 2.75) is 44.3 Å². The highest BCUT2D eigenvalue weighted by atomic mass is 79.9. The van der Waals surface area contributed by atoms with Crippen LogP contribution in [0.2, 0.25) is 0 Å². The van der Waals surface area contributed by atoms with Crippen LogP contribution >= 0.6 is 15.9 Å². The predicted octanol–water partition coefficient (Wildman–Crippen LogP) is 2.06. The van der Waals surface area contributed by atoms with Gasteiger partial charge in [-0.25, -0.2) is 14.9 Å². The number of nitrogens with one attached hydrogen (secondary N) is 1. The minimum atomic E-state index is -0.716. The molecule has 6 heteroatoms. The fraction of sp³-hybridized carbons (Fsp3) is 0.778. The molecule has 1 heterocycles. The Morgan fingerprint density at radius 3 is 2.20 bits per heavy atom. The van der Waals surface area contributed by atoms with Gasteiger partial charge in [0.2, 0.25) is 0 Å². The molecule has 1 aliphatic rings. The second kappa shape index (κ2) is 4.00. The summed E-state index contributed by atoms with van der Waals surface area (Å²) in [7, 11) is 0. The van der Waals surface area contributed by atoms with Crippen molar-refractivity contribution in [1.82, 2.24) is 10.2 Å². The fourth-order valence-electron chi connectivity index (χ4n) is 1.06. The molecule has 0 unspecified atom stereocenters. The zero-order valence-corrected chi connectivity index (χ0v) is 10.8. The van der Waals surface area contributed by atoms with E-state index in [4.69, 9.17) is 4.74 Å². The number of carbonyl (C=O) groups excluding carboxylic acids is 2. The number of alkyl carbamates (subject to hydrolysis) is 1. The van der Waals surface area contributed by atoms with Crippen LogP contribution in [0, 0.1) is 0 Å². The quantitative estimate of drug-likeness (QED) is 0.419. The molecule has 1 saturated heterocycles. The average molecular weight is 279 g/mol. The normalized spacial score (nSPS) is 24.7. The maximum Gasteiger partial charge on any atom is 0.415 e. The summed E-state index contributed by atoms with van der Waals surface area (Å²) in [5, 5.41) is 2.16. The molecule has 1 fully saturated rings. The number of hydrogen-bond donors (Lipinski definition) is 1. The number of ether oxygens (including phenoxy) is 1. The van der Waals surface area contributed by atoms with Crippen LogP contribution < -0.4 is 5.32 Å². The van der Waals surface area contributed by atoms with E-state index in [0.717, 1.165) is 0 Å². The monoisotopic (exact) mass is 278 g/mol. The molecule has 5 nitrogen and oxygen atoms in total. The first-order chi connectivity index (χ1) is 6.72. The number of rotatable bonds is 0. The lowest BCUT2D eigenvalue weighted by Gasteiger charge is -2.19. The summed E-state index contributed by atoms with van der Waals surface area (Å²) in [6, 6.07) is -0.314. The predicted molar refractivity (Wildman–Crippen MR) is 58.8 cm³/mol. The number of urea groups is 1. The lowest BCUT2D eigenvalue weighted by Crippen LogP contribution is -2.39. The molecule has 0 aliphatic carbocycles. The van der Waals surface area contributed by atoms with Gasteiger partial charge in [0.05, 0.1) is 6.04 Å². The smallest absolute Gasteiger partial charge is 0.415 e. The van der Waals surface area contributed by atoms with Crippen molar-refractivity contribution in [3.63, 3.8) is 0 Å². The van der Waals surface area contributed by atoms with Gasteiger partial charge in [0.1, 0.15) is 10.6 Å². The SMILES string of the molecule is C[C@H]1[C@H](Br)N1C(=O)NC(=O)OC(C)(C)C. The van der Waals surface area contributed by atoms with Crippen molar-refractivity contribution in [2.75, 3.05) is 0 Å². The highest BCUT2D eigenvalue weighted by Crippen LogP contribution is 2.32. The Morgan fingerprint density at radius 2 is 1.87 bits per heavy atom. The van der Waals surface area contributed by atoms with E-state index in [0.29, 0.717) is 0 Å². The van der Waals surface area contributed by atoms with Crippen molar-refractivity contribution in [1.29, 1.82) is 0 Å². The van der Waals surface area contributed by atoms with Crippen molar-refractivity contribution in [2.24, 2.45) is 0 Å². The third kappa shape index (κ3) is 3.37. The van der Waals surface area contributed by atoms with Crippen LogP contribution in [0.1, 0.15) is 27.7 Å². The van der Waals surface area contributed by atoms with Crippen LogP contribution in [-0.2, 0) is 4.74 Å². The summed E-state index contributed by atoms with van der Waals surface area (Å²) < 4.78 is 4.94. The van der Waals surface area contributed by atoms with Gasteiger partial charge in [-0.05, 0) is 27.7 Å². The van der Waals surface area contributed by atoms with Gasteiger partial charge in [-0.3, -0.25) is 0 Å². The number of nitrogens with zero attached hydrogens (tertiary/aromatic N) is 1. The van der Waals surface area contributed by atoms with Crippen molar-refractivity contribution in [3.8, 4) is 0 Å². The van der Waals surface area contributed by atoms with E-state index in [9.17, 15) is 9.59 Å². The molecular weight excluding hydrogens is 264 g/mol. The molecule has 86 valence electrons. The molecule has 0 saturated carbocycles. The van der Waals surface area contributed by atoms with Crippen LogP contribution in [0.15, 0.2) is 0 Å². The maximum atomic E-state index is 11.4. The molecule has 15 heavy (non-hydrogen) atoms. The molecular formula is C9H15BrN2O3. The third-order valence-corrected chi connectivity index (χ3v) is 3.06. The highest BCUT2D eigenvalue weighted by molar-refractivity contribution is 9.09. The van der Waals surface area contributed by atoms with Crippen LogP contribution in [0.5, 0.6) is 0 Å². The topological polar surface area (TPSA) is 58.4 Å². The van der Waals surface area contributed by atoms with E-state index in [-0.39, 0.29) is 11.0 Å². The van der Waals surface area contributed by atoms with Crippen molar-refractivity contribution in [3.05, 3.63) is 0 Å². The molecule has 1 rings (SSSR count). The highest BCUT2D eigenvalue weighted by Gasteiger charge is 2.46. The molecule has 0 aromatic carbocycles. The van der Waals surface area contributed by atoms with Crippen LogP contribution in [-0.4, -0.2) is 33.6 Å². The molecule has 0 bridgehead atoms. The zero-order chi connectivity index (χ0) is 11.8. The minimum absolute atomic E-state index is 0.0138. The number of alkyl halides is 1. The first-order valence-electron chi connectivity index (χ1n) is 4.69. The summed E-state index contributed by atoms with van der Waals surface area (Å²) in [6.45, 7) is 7.10. The van der Waals surface area contributed by atoms with E-state index >= 15 is 0 Å². The van der Waals surface area contributed by atoms with Gasteiger partial charge >= 0.3 is 12.1 Å². The van der Waals surface area contributed by atoms with E-state index in [1.54, 1.807) is 20.8 Å². The molecule has 2 atom stereocenters. The minimum Gasteiger partial charge on any atom is -0.443 e. The van der Waals surface area contributed by atoms with Gasteiger partial charge in [-0.1, -0.05) is 15.9 Å². The Kier molecular flexibility index (Phi) is 3.28. The van der Waals surface area contributed by atoms with Gasteiger partial charge in [0.15, 0.2) is 0 Å². The number of imide groups is 1. The summed E-state index contributed by atoms with van der Waals surface area (Å²) >= 11 is 3.28. The Morgan fingerprint density at radius 1 is 1.40 bits per heavy atom. The Labute approximate surface area is 97.3 Å². The first-order valence-corrected chi connectivity index (χ1v) is 5.60. The van der Waals surface area contributed by atoms with Crippen LogP contribution in [0.25, 0.3) is 0 Å². The second-order valence-corrected chi connectivity index (χ2v) is 5.39. The number of carbonyl (C=O) groups is 2. The third-order valence-electron chi connectivity index (χ3n) is 1.86.